The molecule has 1 heterocycles. The minimum Gasteiger partial charge on any atom is -0.334 e. The Morgan fingerprint density at radius 1 is 1.42 bits per heavy atom. The van der Waals surface area contributed by atoms with Crippen molar-refractivity contribution in [3.63, 3.8) is 0 Å². The van der Waals surface area contributed by atoms with E-state index in [-0.39, 0.29) is 11.2 Å². The number of anilines is 1. The van der Waals surface area contributed by atoms with Crippen molar-refractivity contribution < 1.29 is 4.39 Å². The standard InChI is InChI=1S/C14H18BrFN2S/c1-14(2,3)12-6-7-19-13(18-12)17-11-8-9(16)4-5-10(11)15/h4-5,8,12H,6-7H2,1-3H3,(H,17,18). The maximum Gasteiger partial charge on any atom is 0.161 e. The molecule has 0 aliphatic carbocycles. The summed E-state index contributed by atoms with van der Waals surface area (Å²) in [5.41, 5.74) is 0.883. The van der Waals surface area contributed by atoms with Crippen LogP contribution in [0.3, 0.4) is 0 Å². The van der Waals surface area contributed by atoms with E-state index in [1.165, 1.54) is 12.1 Å². The summed E-state index contributed by atoms with van der Waals surface area (Å²) < 4.78 is 14.1. The first-order chi connectivity index (χ1) is 8.86. The molecule has 0 fully saturated rings. The highest BCUT2D eigenvalue weighted by molar-refractivity contribution is 9.10. The Morgan fingerprint density at radius 3 is 2.84 bits per heavy atom. The highest BCUT2D eigenvalue weighted by atomic mass is 79.9. The Balaban J connectivity index is 2.18. The molecule has 0 radical (unpaired) electrons. The van der Waals surface area contributed by atoms with Crippen molar-refractivity contribution in [2.75, 3.05) is 11.1 Å². The molecule has 1 aliphatic heterocycles. The number of amidine groups is 1. The molecular formula is C14H18BrFN2S. The first-order valence-corrected chi connectivity index (χ1v) is 8.07. The number of halogens is 2. The number of nitrogens with one attached hydrogen (secondary N) is 1. The van der Waals surface area contributed by atoms with Crippen LogP contribution < -0.4 is 5.32 Å². The lowest BCUT2D eigenvalue weighted by molar-refractivity contribution is 0.316. The van der Waals surface area contributed by atoms with E-state index in [9.17, 15) is 4.39 Å². The van der Waals surface area contributed by atoms with Crippen molar-refractivity contribution in [1.29, 1.82) is 0 Å². The van der Waals surface area contributed by atoms with Crippen LogP contribution in [0.1, 0.15) is 27.2 Å². The van der Waals surface area contributed by atoms with Crippen molar-refractivity contribution in [2.24, 2.45) is 10.4 Å². The van der Waals surface area contributed by atoms with Crippen LogP contribution in [-0.2, 0) is 0 Å². The van der Waals surface area contributed by atoms with Gasteiger partial charge >= 0.3 is 0 Å². The Bertz CT molecular complexity index is 497. The van der Waals surface area contributed by atoms with Crippen molar-refractivity contribution in [2.45, 2.75) is 33.2 Å². The minimum atomic E-state index is -0.250. The normalized spacial score (nSPS) is 20.1. The van der Waals surface area contributed by atoms with Crippen molar-refractivity contribution in [1.82, 2.24) is 0 Å². The van der Waals surface area contributed by atoms with Crippen LogP contribution in [0.2, 0.25) is 0 Å². The lowest BCUT2D eigenvalue weighted by Gasteiger charge is -2.31. The summed E-state index contributed by atoms with van der Waals surface area (Å²) in [6.45, 7) is 6.60. The van der Waals surface area contributed by atoms with Gasteiger partial charge in [-0.05, 0) is 46.0 Å². The molecule has 2 nitrogen and oxygen atoms in total. The maximum absolute atomic E-state index is 13.3. The predicted molar refractivity (Wildman–Crippen MR) is 85.5 cm³/mol. The van der Waals surface area contributed by atoms with Crippen molar-refractivity contribution in [3.05, 3.63) is 28.5 Å². The monoisotopic (exact) mass is 344 g/mol. The maximum atomic E-state index is 13.3. The zero-order chi connectivity index (χ0) is 14.0. The van der Waals surface area contributed by atoms with Crippen LogP contribution in [0.5, 0.6) is 0 Å². The van der Waals surface area contributed by atoms with Crippen LogP contribution in [0.25, 0.3) is 0 Å². The van der Waals surface area contributed by atoms with Gasteiger partial charge in [0.15, 0.2) is 5.17 Å². The Kier molecular flexibility index (Phi) is 4.56. The molecule has 0 spiro atoms. The fourth-order valence-corrected chi connectivity index (χ4v) is 3.18. The van der Waals surface area contributed by atoms with E-state index in [1.54, 1.807) is 17.8 Å². The molecule has 104 valence electrons. The molecule has 1 aromatic carbocycles. The molecule has 1 atom stereocenters. The highest BCUT2D eigenvalue weighted by Crippen LogP contribution is 2.32. The summed E-state index contributed by atoms with van der Waals surface area (Å²) in [6.07, 6.45) is 1.09. The smallest absolute Gasteiger partial charge is 0.161 e. The summed E-state index contributed by atoms with van der Waals surface area (Å²) in [6, 6.07) is 4.92. The third kappa shape index (κ3) is 3.96. The first kappa shape index (κ1) is 14.9. The average Bonchev–Trinajstić information content (AvgIpc) is 2.33. The van der Waals surface area contributed by atoms with Crippen LogP contribution in [0.4, 0.5) is 10.1 Å². The lowest BCUT2D eigenvalue weighted by atomic mass is 9.85. The summed E-state index contributed by atoms with van der Waals surface area (Å²) in [5, 5.41) is 4.09. The molecule has 0 amide bonds. The number of nitrogens with zero attached hydrogens (tertiary/aromatic N) is 1. The second-order valence-electron chi connectivity index (χ2n) is 5.70. The van der Waals surface area contributed by atoms with Crippen molar-refractivity contribution in [3.8, 4) is 0 Å². The van der Waals surface area contributed by atoms with E-state index in [0.717, 1.165) is 27.5 Å². The molecule has 1 aromatic rings. The van der Waals surface area contributed by atoms with E-state index in [4.69, 9.17) is 4.99 Å². The zero-order valence-electron chi connectivity index (χ0n) is 11.3. The molecule has 0 saturated carbocycles. The van der Waals surface area contributed by atoms with E-state index in [1.807, 2.05) is 0 Å². The van der Waals surface area contributed by atoms with Gasteiger partial charge in [-0.25, -0.2) is 4.39 Å². The molecule has 1 aliphatic rings. The van der Waals surface area contributed by atoms with E-state index in [0.29, 0.717) is 6.04 Å². The number of aliphatic imine (C=N–C) groups is 1. The van der Waals surface area contributed by atoms with E-state index >= 15 is 0 Å². The zero-order valence-corrected chi connectivity index (χ0v) is 13.7. The fraction of sp³-hybridized carbons (Fsp3) is 0.500. The fourth-order valence-electron chi connectivity index (χ4n) is 1.91. The second-order valence-corrected chi connectivity index (χ2v) is 7.64. The third-order valence-electron chi connectivity index (χ3n) is 3.07. The average molecular weight is 345 g/mol. The number of thioether (sulfide) groups is 1. The van der Waals surface area contributed by atoms with Gasteiger partial charge in [0, 0.05) is 10.2 Å². The summed E-state index contributed by atoms with van der Waals surface area (Å²) in [4.78, 5) is 4.74. The molecular weight excluding hydrogens is 327 g/mol. The highest BCUT2D eigenvalue weighted by Gasteiger charge is 2.27. The summed E-state index contributed by atoms with van der Waals surface area (Å²) >= 11 is 5.11. The van der Waals surface area contributed by atoms with Crippen LogP contribution in [0, 0.1) is 11.2 Å². The number of benzene rings is 1. The second kappa shape index (κ2) is 5.83. The lowest BCUT2D eigenvalue weighted by Crippen LogP contribution is -2.30. The van der Waals surface area contributed by atoms with Crippen LogP contribution in [0.15, 0.2) is 27.7 Å². The van der Waals surface area contributed by atoms with Gasteiger partial charge in [0.25, 0.3) is 0 Å². The van der Waals surface area contributed by atoms with Gasteiger partial charge in [-0.2, -0.15) is 0 Å². The minimum absolute atomic E-state index is 0.160. The third-order valence-corrected chi connectivity index (χ3v) is 4.69. The Hall–Kier alpha value is -0.550. The molecule has 5 heteroatoms. The summed E-state index contributed by atoms with van der Waals surface area (Å²) in [7, 11) is 0. The topological polar surface area (TPSA) is 24.4 Å². The van der Waals surface area contributed by atoms with Gasteiger partial charge in [-0.1, -0.05) is 32.5 Å². The molecule has 2 rings (SSSR count). The molecule has 1 N–H and O–H groups in total. The molecule has 0 bridgehead atoms. The van der Waals surface area contributed by atoms with E-state index < -0.39 is 0 Å². The number of hydrogen-bond donors (Lipinski definition) is 1. The van der Waals surface area contributed by atoms with Gasteiger partial charge in [0.05, 0.1) is 11.7 Å². The van der Waals surface area contributed by atoms with Gasteiger partial charge in [0.2, 0.25) is 0 Å². The largest absolute Gasteiger partial charge is 0.334 e. The first-order valence-electron chi connectivity index (χ1n) is 6.29. The van der Waals surface area contributed by atoms with Crippen LogP contribution in [-0.4, -0.2) is 17.0 Å². The quantitative estimate of drug-likeness (QED) is 0.782. The molecule has 1 unspecified atom stereocenters. The SMILES string of the molecule is CC(C)(C)C1CCSC(Nc2cc(F)ccc2Br)=N1. The van der Waals surface area contributed by atoms with Gasteiger partial charge in [-0.15, -0.1) is 0 Å². The van der Waals surface area contributed by atoms with Gasteiger partial charge < -0.3 is 5.32 Å². The molecule has 0 saturated heterocycles. The van der Waals surface area contributed by atoms with Gasteiger partial charge in [0.1, 0.15) is 5.82 Å². The Morgan fingerprint density at radius 2 is 2.16 bits per heavy atom. The number of hydrogen-bond acceptors (Lipinski definition) is 3. The predicted octanol–water partition coefficient (Wildman–Crippen LogP) is 4.91. The van der Waals surface area contributed by atoms with Crippen LogP contribution >= 0.6 is 27.7 Å². The van der Waals surface area contributed by atoms with E-state index in [2.05, 4.69) is 42.0 Å². The van der Waals surface area contributed by atoms with Crippen molar-refractivity contribution >= 4 is 38.5 Å². The molecule has 0 aromatic heterocycles. The molecule has 19 heavy (non-hydrogen) atoms. The summed E-state index contributed by atoms with van der Waals surface area (Å²) in [5.74, 6) is 0.792. The Labute approximate surface area is 126 Å². The number of rotatable bonds is 1. The van der Waals surface area contributed by atoms with Gasteiger partial charge in [-0.3, -0.25) is 4.99 Å².